The molecule has 2 unspecified atom stereocenters. The van der Waals surface area contributed by atoms with Gasteiger partial charge in [0, 0.05) is 29.5 Å². The van der Waals surface area contributed by atoms with Crippen molar-refractivity contribution >= 4 is 23.4 Å². The summed E-state index contributed by atoms with van der Waals surface area (Å²) in [5, 5.41) is 3.02. The molecular formula is C30H34FNO6. The van der Waals surface area contributed by atoms with Gasteiger partial charge in [0.25, 0.3) is 0 Å². The first kappa shape index (κ1) is 25.3. The number of nitrogens with one attached hydrogen (secondary N) is 1. The molecule has 1 saturated heterocycles. The summed E-state index contributed by atoms with van der Waals surface area (Å²) in [6, 6.07) is 6.87. The van der Waals surface area contributed by atoms with Crippen molar-refractivity contribution in [1.82, 2.24) is 0 Å². The zero-order valence-electron chi connectivity index (χ0n) is 22.4. The number of hydrogen-bond acceptors (Lipinski definition) is 7. The van der Waals surface area contributed by atoms with Crippen LogP contribution >= 0.6 is 0 Å². The number of epoxide rings is 1. The summed E-state index contributed by atoms with van der Waals surface area (Å²) in [7, 11) is 3.10. The molecule has 1 aromatic rings. The lowest BCUT2D eigenvalue weighted by molar-refractivity contribution is -0.188. The van der Waals surface area contributed by atoms with E-state index in [2.05, 4.69) is 5.32 Å². The number of carbonyl (C=O) groups excluding carboxylic acids is 3. The monoisotopic (exact) mass is 523 g/mol. The maximum absolute atomic E-state index is 15.8. The van der Waals surface area contributed by atoms with Crippen molar-refractivity contribution in [3.8, 4) is 0 Å². The zero-order chi connectivity index (χ0) is 27.3. The molecule has 7 nitrogen and oxygen atoms in total. The number of carbonyl (C=O) groups is 3. The fourth-order valence-corrected chi connectivity index (χ4v) is 8.78. The van der Waals surface area contributed by atoms with Crippen molar-refractivity contribution in [3.63, 3.8) is 0 Å². The minimum Gasteiger partial charge on any atom is -0.466 e. The van der Waals surface area contributed by atoms with Gasteiger partial charge in [-0.2, -0.15) is 0 Å². The minimum absolute atomic E-state index is 0.155. The van der Waals surface area contributed by atoms with E-state index in [0.717, 1.165) is 5.69 Å². The number of halogens is 1. The molecule has 0 radical (unpaired) electrons. The zero-order valence-corrected chi connectivity index (χ0v) is 22.4. The quantitative estimate of drug-likeness (QED) is 0.461. The van der Waals surface area contributed by atoms with Gasteiger partial charge in [-0.25, -0.2) is 14.0 Å². The molecule has 1 heterocycles. The van der Waals surface area contributed by atoms with Crippen molar-refractivity contribution in [2.45, 2.75) is 63.5 Å². The highest BCUT2D eigenvalue weighted by atomic mass is 19.1. The van der Waals surface area contributed by atoms with Crippen LogP contribution in [0.3, 0.4) is 0 Å². The van der Waals surface area contributed by atoms with E-state index in [1.165, 1.54) is 19.3 Å². The Labute approximate surface area is 221 Å². The van der Waals surface area contributed by atoms with Gasteiger partial charge in [-0.3, -0.25) is 4.79 Å². The molecule has 9 atom stereocenters. The number of benzene rings is 1. The lowest BCUT2D eigenvalue weighted by atomic mass is 9.46. The van der Waals surface area contributed by atoms with Crippen molar-refractivity contribution in [2.24, 2.45) is 28.6 Å². The van der Waals surface area contributed by atoms with E-state index in [-0.39, 0.29) is 36.1 Å². The molecule has 202 valence electrons. The van der Waals surface area contributed by atoms with Crippen LogP contribution in [0.15, 0.2) is 48.1 Å². The molecule has 1 aliphatic heterocycles. The fraction of sp³-hybridized carbons (Fsp3) is 0.567. The number of alkyl halides is 1. The van der Waals surface area contributed by atoms with Crippen LogP contribution < -0.4 is 5.32 Å². The molecule has 4 fully saturated rings. The topological polar surface area (TPSA) is 94.2 Å². The van der Waals surface area contributed by atoms with Crippen LogP contribution in [0, 0.1) is 28.6 Å². The predicted molar refractivity (Wildman–Crippen MR) is 137 cm³/mol. The highest BCUT2D eigenvalue weighted by Crippen LogP contribution is 2.77. The number of anilines is 1. The first-order valence-corrected chi connectivity index (χ1v) is 13.3. The Balaban J connectivity index is 1.41. The second kappa shape index (κ2) is 8.01. The second-order valence-electron chi connectivity index (χ2n) is 12.1. The van der Waals surface area contributed by atoms with E-state index in [0.29, 0.717) is 24.0 Å². The Hall–Kier alpha value is -3.00. The number of ether oxygens (including phenoxy) is 3. The van der Waals surface area contributed by atoms with Gasteiger partial charge in [0.15, 0.2) is 5.78 Å². The average molecular weight is 524 g/mol. The summed E-state index contributed by atoms with van der Waals surface area (Å²) in [5.41, 5.74) is -2.12. The highest BCUT2D eigenvalue weighted by Gasteiger charge is 2.84. The number of rotatable bonds is 4. The summed E-state index contributed by atoms with van der Waals surface area (Å²) in [4.78, 5) is 39.3. The van der Waals surface area contributed by atoms with E-state index in [4.69, 9.17) is 14.2 Å². The maximum atomic E-state index is 15.8. The van der Waals surface area contributed by atoms with Gasteiger partial charge >= 0.3 is 11.9 Å². The van der Waals surface area contributed by atoms with Gasteiger partial charge in [0.1, 0.15) is 11.8 Å². The Morgan fingerprint density at radius 1 is 1.13 bits per heavy atom. The largest absolute Gasteiger partial charge is 0.466 e. The van der Waals surface area contributed by atoms with Crippen LogP contribution in [0.1, 0.15) is 50.4 Å². The third-order valence-corrected chi connectivity index (χ3v) is 10.6. The Morgan fingerprint density at radius 3 is 2.50 bits per heavy atom. The third-order valence-electron chi connectivity index (χ3n) is 10.6. The predicted octanol–water partition coefficient (Wildman–Crippen LogP) is 4.43. The van der Waals surface area contributed by atoms with Gasteiger partial charge < -0.3 is 19.5 Å². The van der Waals surface area contributed by atoms with Gasteiger partial charge in [-0.15, -0.1) is 0 Å². The molecule has 1 N–H and O–H groups in total. The Morgan fingerprint density at radius 2 is 1.84 bits per heavy atom. The van der Waals surface area contributed by atoms with Gasteiger partial charge in [-0.05, 0) is 80.0 Å². The SMILES string of the molecule is CNc1ccc(C(=O)O[C@]2(C(=O)OC)[C@H](C)CC3C4C[C@H](F)C5=CC(=O)C=C[C@]5(C)[C@@]45O[C@H]5C[C@@]32C)cc1. The van der Waals surface area contributed by atoms with Gasteiger partial charge in [-0.1, -0.05) is 19.9 Å². The molecule has 6 rings (SSSR count). The normalized spacial score (nSPS) is 44.1. The Bertz CT molecular complexity index is 1290. The molecule has 8 heteroatoms. The smallest absolute Gasteiger partial charge is 0.351 e. The number of esters is 2. The van der Waals surface area contributed by atoms with Crippen LogP contribution in [0.25, 0.3) is 0 Å². The number of ketones is 1. The van der Waals surface area contributed by atoms with Crippen LogP contribution in [-0.2, 0) is 23.8 Å². The Kier molecular flexibility index (Phi) is 5.33. The molecule has 1 aromatic carbocycles. The van der Waals surface area contributed by atoms with Crippen molar-refractivity contribution in [1.29, 1.82) is 0 Å². The summed E-state index contributed by atoms with van der Waals surface area (Å²) < 4.78 is 33.9. The lowest BCUT2D eigenvalue weighted by Crippen LogP contribution is -2.64. The van der Waals surface area contributed by atoms with Crippen LogP contribution in [0.2, 0.25) is 0 Å². The summed E-state index contributed by atoms with van der Waals surface area (Å²) >= 11 is 0. The molecule has 38 heavy (non-hydrogen) atoms. The van der Waals surface area contributed by atoms with Crippen molar-refractivity contribution < 1.29 is 33.0 Å². The highest BCUT2D eigenvalue weighted by molar-refractivity contribution is 6.01. The van der Waals surface area contributed by atoms with Gasteiger partial charge in [0.2, 0.25) is 5.60 Å². The molecular weight excluding hydrogens is 489 g/mol. The second-order valence-corrected chi connectivity index (χ2v) is 12.1. The summed E-state index contributed by atoms with van der Waals surface area (Å²) in [5.74, 6) is -2.13. The summed E-state index contributed by atoms with van der Waals surface area (Å²) in [6.07, 6.45) is 4.40. The third kappa shape index (κ3) is 2.90. The molecule has 5 aliphatic rings. The lowest BCUT2D eigenvalue weighted by Gasteiger charge is -2.56. The van der Waals surface area contributed by atoms with Crippen LogP contribution in [-0.4, -0.2) is 55.4 Å². The van der Waals surface area contributed by atoms with Crippen molar-refractivity contribution in [3.05, 3.63) is 53.6 Å². The molecule has 4 aliphatic carbocycles. The first-order chi connectivity index (χ1) is 18.0. The number of fused-ring (bicyclic) bond motifs is 3. The standard InChI is InChI=1S/C30H34FNO6/c1-16-12-20-21-14-23(31)22-13-19(33)10-11-27(22,2)30(21)24(37-30)15-28(20,3)29(16,26(35)36-5)38-25(34)17-6-8-18(32-4)9-7-17/h6-11,13,16,20-21,23-24,32H,12,14-15H2,1-5H3/t16-,20?,21?,23+,24+,27+,28+,29+,30-/m1/s1. The molecule has 0 amide bonds. The van der Waals surface area contributed by atoms with E-state index in [1.807, 2.05) is 26.8 Å². The van der Waals surface area contributed by atoms with Gasteiger partial charge in [0.05, 0.1) is 18.8 Å². The first-order valence-electron chi connectivity index (χ1n) is 13.3. The molecule has 0 bridgehead atoms. The van der Waals surface area contributed by atoms with Crippen molar-refractivity contribution in [2.75, 3.05) is 19.5 Å². The van der Waals surface area contributed by atoms with Crippen LogP contribution in [0.5, 0.6) is 0 Å². The molecule has 0 aromatic heterocycles. The number of allylic oxidation sites excluding steroid dienone is 2. The number of methoxy groups -OCH3 is 1. The van der Waals surface area contributed by atoms with E-state index in [9.17, 15) is 14.4 Å². The van der Waals surface area contributed by atoms with E-state index in [1.54, 1.807) is 31.3 Å². The van der Waals surface area contributed by atoms with E-state index < -0.39 is 40.1 Å². The summed E-state index contributed by atoms with van der Waals surface area (Å²) in [6.45, 7) is 5.85. The fourth-order valence-electron chi connectivity index (χ4n) is 8.78. The minimum atomic E-state index is -1.55. The maximum Gasteiger partial charge on any atom is 0.351 e. The number of hydrogen-bond donors (Lipinski definition) is 1. The van der Waals surface area contributed by atoms with Crippen LogP contribution in [0.4, 0.5) is 10.1 Å². The molecule has 3 saturated carbocycles. The van der Waals surface area contributed by atoms with E-state index >= 15 is 4.39 Å². The molecule has 1 spiro atoms. The average Bonchev–Trinajstić information content (AvgIpc) is 3.58.